The van der Waals surface area contributed by atoms with Crippen LogP contribution < -0.4 is 5.43 Å². The molecule has 11 heteroatoms. The molecule has 0 atom stereocenters. The van der Waals surface area contributed by atoms with Crippen LogP contribution in [-0.2, 0) is 0 Å². The monoisotopic (exact) mass is 445 g/mol. The number of hydrogen-bond donors (Lipinski definition) is 3. The van der Waals surface area contributed by atoms with E-state index in [0.717, 1.165) is 0 Å². The van der Waals surface area contributed by atoms with Gasteiger partial charge < -0.3 is 10.2 Å². The summed E-state index contributed by atoms with van der Waals surface area (Å²) in [4.78, 5) is 0. The molecule has 0 saturated heterocycles. The molecular formula is C16H11Cl4N5O2. The molecule has 0 fully saturated rings. The predicted molar refractivity (Wildman–Crippen MR) is 107 cm³/mol. The number of halogens is 4. The summed E-state index contributed by atoms with van der Waals surface area (Å²) < 4.78 is 0. The summed E-state index contributed by atoms with van der Waals surface area (Å²) >= 11 is 23.7. The van der Waals surface area contributed by atoms with Crippen LogP contribution in [0.3, 0.4) is 0 Å². The molecule has 0 aliphatic carbocycles. The first-order valence-corrected chi connectivity index (χ1v) is 8.69. The minimum atomic E-state index is -0.403. The number of phenolic OH excluding ortho intramolecular Hbond substituents is 2. The van der Waals surface area contributed by atoms with Crippen LogP contribution in [-0.4, -0.2) is 16.0 Å². The number of benzene rings is 2. The summed E-state index contributed by atoms with van der Waals surface area (Å²) in [7, 11) is 0. The predicted octanol–water partition coefficient (Wildman–Crippen LogP) is 6.36. The molecule has 0 aliphatic heterocycles. The van der Waals surface area contributed by atoms with Gasteiger partial charge in [0.2, 0.25) is 0 Å². The molecule has 0 spiro atoms. The highest BCUT2D eigenvalue weighted by Gasteiger charge is 2.14. The molecule has 3 N–H and O–H groups in total. The van der Waals surface area contributed by atoms with Gasteiger partial charge in [0, 0.05) is 10.0 Å². The Balaban J connectivity index is 2.38. The lowest BCUT2D eigenvalue weighted by Gasteiger charge is -2.10. The van der Waals surface area contributed by atoms with Gasteiger partial charge in [0.15, 0.2) is 11.5 Å². The van der Waals surface area contributed by atoms with Gasteiger partial charge in [0.25, 0.3) is 5.84 Å². The Morgan fingerprint density at radius 1 is 0.963 bits per heavy atom. The van der Waals surface area contributed by atoms with Gasteiger partial charge in [-0.2, -0.15) is 5.26 Å². The maximum absolute atomic E-state index is 10.0. The molecule has 0 aliphatic rings. The largest absolute Gasteiger partial charge is 0.504 e. The van der Waals surface area contributed by atoms with Crippen LogP contribution in [0.1, 0.15) is 11.1 Å². The molecule has 140 valence electrons. The molecule has 0 amide bonds. The van der Waals surface area contributed by atoms with E-state index in [1.807, 2.05) is 0 Å². The van der Waals surface area contributed by atoms with E-state index in [4.69, 9.17) is 46.4 Å². The van der Waals surface area contributed by atoms with Crippen molar-refractivity contribution in [2.24, 2.45) is 15.3 Å². The Hall–Kier alpha value is -2.24. The summed E-state index contributed by atoms with van der Waals surface area (Å²) in [6, 6.07) is 4.45. The van der Waals surface area contributed by atoms with Crippen molar-refractivity contribution in [3.63, 3.8) is 0 Å². The number of amidine groups is 1. The minimum absolute atomic E-state index is 0.000257. The van der Waals surface area contributed by atoms with Gasteiger partial charge >= 0.3 is 0 Å². The van der Waals surface area contributed by atoms with Crippen molar-refractivity contribution >= 4 is 63.6 Å². The second-order valence-corrected chi connectivity index (χ2v) is 6.84. The zero-order chi connectivity index (χ0) is 20.3. The number of rotatable bonds is 3. The van der Waals surface area contributed by atoms with Crippen LogP contribution in [0.15, 0.2) is 27.5 Å². The lowest BCUT2D eigenvalue weighted by molar-refractivity contribution is 0.476. The van der Waals surface area contributed by atoms with Crippen molar-refractivity contribution in [2.45, 2.75) is 13.8 Å². The number of anilines is 1. The first-order chi connectivity index (χ1) is 12.7. The molecule has 7 nitrogen and oxygen atoms in total. The summed E-state index contributed by atoms with van der Waals surface area (Å²) in [6.45, 7) is 3.22. The van der Waals surface area contributed by atoms with Crippen LogP contribution in [0.2, 0.25) is 20.1 Å². The number of hydrazone groups is 1. The van der Waals surface area contributed by atoms with E-state index in [1.165, 1.54) is 12.1 Å². The van der Waals surface area contributed by atoms with Crippen LogP contribution in [0.25, 0.3) is 0 Å². The molecule has 0 heterocycles. The molecule has 2 rings (SSSR count). The zero-order valence-corrected chi connectivity index (χ0v) is 16.9. The van der Waals surface area contributed by atoms with Gasteiger partial charge in [0.1, 0.15) is 17.4 Å². The van der Waals surface area contributed by atoms with E-state index in [0.29, 0.717) is 16.1 Å². The maximum Gasteiger partial charge on any atom is 0.270 e. The Kier molecular flexibility index (Phi) is 6.73. The highest BCUT2D eigenvalue weighted by atomic mass is 35.5. The fourth-order valence-electron chi connectivity index (χ4n) is 1.93. The molecule has 0 aromatic heterocycles. The molecule has 0 saturated carbocycles. The number of azo groups is 1. The molecule has 27 heavy (non-hydrogen) atoms. The fourth-order valence-corrected chi connectivity index (χ4v) is 2.85. The number of nitriles is 1. The van der Waals surface area contributed by atoms with Crippen LogP contribution >= 0.6 is 46.4 Å². The zero-order valence-electron chi connectivity index (χ0n) is 13.8. The van der Waals surface area contributed by atoms with Gasteiger partial charge in [-0.1, -0.05) is 46.4 Å². The number of aromatic hydroxyl groups is 2. The topological polar surface area (TPSA) is 113 Å². The number of phenols is 2. The lowest BCUT2D eigenvalue weighted by atomic mass is 10.2. The molecule has 2 aromatic carbocycles. The van der Waals surface area contributed by atoms with Crippen LogP contribution in [0.5, 0.6) is 11.5 Å². The standard InChI is InChI=1S/C16H11Cl4N5O2/c1-6-8(17)3-10(19)15(26)13(6)24-22-12(5-21)23-25-14-7(2)9(18)4-11(20)16(14)27/h3-4,24,26-27H,1-2H3. The third kappa shape index (κ3) is 4.54. The maximum atomic E-state index is 10.0. The van der Waals surface area contributed by atoms with Gasteiger partial charge in [-0.25, -0.2) is 0 Å². The average molecular weight is 447 g/mol. The Morgan fingerprint density at radius 3 is 2.11 bits per heavy atom. The molecule has 0 unspecified atom stereocenters. The van der Waals surface area contributed by atoms with Crippen molar-refractivity contribution in [1.82, 2.24) is 0 Å². The third-order valence-electron chi connectivity index (χ3n) is 3.49. The highest BCUT2D eigenvalue weighted by molar-refractivity contribution is 6.37. The Morgan fingerprint density at radius 2 is 1.52 bits per heavy atom. The van der Waals surface area contributed by atoms with E-state index in [9.17, 15) is 15.5 Å². The molecular weight excluding hydrogens is 436 g/mol. The van der Waals surface area contributed by atoms with Crippen molar-refractivity contribution in [3.8, 4) is 17.6 Å². The van der Waals surface area contributed by atoms with Crippen LogP contribution in [0.4, 0.5) is 11.4 Å². The van der Waals surface area contributed by atoms with E-state index in [2.05, 4.69) is 20.8 Å². The van der Waals surface area contributed by atoms with Gasteiger partial charge in [-0.15, -0.1) is 15.3 Å². The summed E-state index contributed by atoms with van der Waals surface area (Å²) in [5.41, 5.74) is 3.48. The van der Waals surface area contributed by atoms with Crippen molar-refractivity contribution < 1.29 is 10.2 Å². The van der Waals surface area contributed by atoms with E-state index in [1.54, 1.807) is 19.9 Å². The second-order valence-electron chi connectivity index (χ2n) is 5.21. The van der Waals surface area contributed by atoms with Gasteiger partial charge in [-0.05, 0) is 37.1 Å². The minimum Gasteiger partial charge on any atom is -0.504 e. The quantitative estimate of drug-likeness (QED) is 0.167. The number of hydrogen-bond acceptors (Lipinski definition) is 6. The SMILES string of the molecule is Cc1c(Cl)cc(Cl)c(O)c1N=NC(C#N)=NNc1c(C)c(Cl)cc(Cl)c1O. The summed E-state index contributed by atoms with van der Waals surface area (Å²) in [6.07, 6.45) is 0. The number of nitrogens with one attached hydrogen (secondary N) is 1. The average Bonchev–Trinajstić information content (AvgIpc) is 2.63. The van der Waals surface area contributed by atoms with Crippen molar-refractivity contribution in [3.05, 3.63) is 43.4 Å². The molecule has 0 bridgehead atoms. The van der Waals surface area contributed by atoms with Crippen LogP contribution in [0, 0.1) is 25.2 Å². The number of nitrogens with zero attached hydrogens (tertiary/aromatic N) is 4. The van der Waals surface area contributed by atoms with Gasteiger partial charge in [-0.3, -0.25) is 5.43 Å². The fraction of sp³-hybridized carbons (Fsp3) is 0.125. The first kappa shape index (κ1) is 21.1. The normalized spacial score (nSPS) is 11.7. The lowest BCUT2D eigenvalue weighted by Crippen LogP contribution is -1.99. The van der Waals surface area contributed by atoms with Gasteiger partial charge in [0.05, 0.1) is 10.0 Å². The highest BCUT2D eigenvalue weighted by Crippen LogP contribution is 2.41. The van der Waals surface area contributed by atoms with Crippen molar-refractivity contribution in [2.75, 3.05) is 5.43 Å². The second kappa shape index (κ2) is 8.63. The Labute approximate surface area is 174 Å². The Bertz CT molecular complexity index is 963. The van der Waals surface area contributed by atoms with E-state index < -0.39 is 5.84 Å². The first-order valence-electron chi connectivity index (χ1n) is 7.18. The summed E-state index contributed by atoms with van der Waals surface area (Å²) in [5, 5.41) is 40.9. The molecule has 0 radical (unpaired) electrons. The molecule has 2 aromatic rings. The van der Waals surface area contributed by atoms with E-state index in [-0.39, 0.29) is 37.9 Å². The summed E-state index contributed by atoms with van der Waals surface area (Å²) in [5.74, 6) is -1.02. The smallest absolute Gasteiger partial charge is 0.270 e. The van der Waals surface area contributed by atoms with Crippen molar-refractivity contribution in [1.29, 1.82) is 5.26 Å². The third-order valence-corrected chi connectivity index (χ3v) is 4.85. The van der Waals surface area contributed by atoms with E-state index >= 15 is 0 Å².